The lowest BCUT2D eigenvalue weighted by Gasteiger charge is -2.09. The van der Waals surface area contributed by atoms with Gasteiger partial charge in [0.05, 0.1) is 0 Å². The summed E-state index contributed by atoms with van der Waals surface area (Å²) in [7, 11) is 0. The molecule has 0 saturated carbocycles. The SMILES string of the molecule is Cc1ccc(OCCOc2ccc(N=[NH2+])c(C)c2)cc1. The summed E-state index contributed by atoms with van der Waals surface area (Å²) in [6, 6.07) is 13.6. The van der Waals surface area contributed by atoms with Crippen molar-refractivity contribution in [3.05, 3.63) is 53.6 Å². The molecule has 0 saturated heterocycles. The van der Waals surface area contributed by atoms with Gasteiger partial charge < -0.3 is 9.47 Å². The number of rotatable bonds is 6. The first-order chi connectivity index (χ1) is 9.69. The zero-order valence-electron chi connectivity index (χ0n) is 11.8. The Bertz CT molecular complexity index is 580. The molecule has 2 N–H and O–H groups in total. The molecular formula is C16H19N2O2+. The standard InChI is InChI=1S/C16H18N2O2/c1-12-3-5-14(6-4-12)19-9-10-20-15-7-8-16(18-17)13(2)11-15/h3-8,11,17H,9-10H2,1-2H3/p+1. The Morgan fingerprint density at radius 3 is 2.10 bits per heavy atom. The van der Waals surface area contributed by atoms with Crippen molar-refractivity contribution in [3.8, 4) is 11.5 Å². The highest BCUT2D eigenvalue weighted by molar-refractivity contribution is 5.48. The highest BCUT2D eigenvalue weighted by atomic mass is 16.5. The Hall–Kier alpha value is -2.36. The van der Waals surface area contributed by atoms with Crippen LogP contribution in [0.5, 0.6) is 11.5 Å². The Morgan fingerprint density at radius 2 is 1.50 bits per heavy atom. The Balaban J connectivity index is 1.79. The van der Waals surface area contributed by atoms with Gasteiger partial charge in [0.15, 0.2) is 0 Å². The number of aryl methyl sites for hydroxylation is 2. The van der Waals surface area contributed by atoms with Crippen molar-refractivity contribution >= 4 is 5.69 Å². The van der Waals surface area contributed by atoms with Crippen LogP contribution >= 0.6 is 0 Å². The van der Waals surface area contributed by atoms with E-state index in [4.69, 9.17) is 15.0 Å². The summed E-state index contributed by atoms with van der Waals surface area (Å²) in [5, 5.41) is 3.67. The van der Waals surface area contributed by atoms with Crippen molar-refractivity contribution in [3.63, 3.8) is 0 Å². The molecule has 0 radical (unpaired) electrons. The number of benzene rings is 2. The van der Waals surface area contributed by atoms with E-state index < -0.39 is 0 Å². The first-order valence-electron chi connectivity index (χ1n) is 6.53. The Kier molecular flexibility index (Phi) is 4.71. The van der Waals surface area contributed by atoms with Crippen LogP contribution in [-0.2, 0) is 0 Å². The summed E-state index contributed by atoms with van der Waals surface area (Å²) in [5.74, 6) is 1.65. The van der Waals surface area contributed by atoms with Crippen LogP contribution in [-0.4, -0.2) is 13.2 Å². The van der Waals surface area contributed by atoms with E-state index in [-0.39, 0.29) is 0 Å². The average Bonchev–Trinajstić information content (AvgIpc) is 2.46. The molecule has 2 rings (SSSR count). The molecule has 4 heteroatoms. The van der Waals surface area contributed by atoms with E-state index >= 15 is 0 Å². The first-order valence-corrected chi connectivity index (χ1v) is 6.53. The maximum absolute atomic E-state index is 5.62. The van der Waals surface area contributed by atoms with Crippen LogP contribution in [0.15, 0.2) is 47.6 Å². The fourth-order valence-electron chi connectivity index (χ4n) is 1.82. The van der Waals surface area contributed by atoms with E-state index in [1.807, 2.05) is 56.3 Å². The number of ether oxygens (including phenoxy) is 2. The van der Waals surface area contributed by atoms with E-state index in [1.54, 1.807) is 0 Å². The van der Waals surface area contributed by atoms with Gasteiger partial charge in [-0.1, -0.05) is 17.7 Å². The van der Waals surface area contributed by atoms with Gasteiger partial charge in [-0.15, -0.1) is 0 Å². The summed E-state index contributed by atoms with van der Waals surface area (Å²) in [5.41, 5.74) is 8.24. The summed E-state index contributed by atoms with van der Waals surface area (Å²) in [6.45, 7) is 4.99. The highest BCUT2D eigenvalue weighted by Crippen LogP contribution is 2.22. The van der Waals surface area contributed by atoms with Gasteiger partial charge in [-0.2, -0.15) is 5.53 Å². The van der Waals surface area contributed by atoms with Crippen LogP contribution in [0.25, 0.3) is 0 Å². The second kappa shape index (κ2) is 6.70. The number of nitrogens with zero attached hydrogens (tertiary/aromatic N) is 1. The van der Waals surface area contributed by atoms with Crippen molar-refractivity contribution in [1.29, 1.82) is 0 Å². The third-order valence-corrected chi connectivity index (χ3v) is 2.95. The zero-order chi connectivity index (χ0) is 14.4. The van der Waals surface area contributed by atoms with E-state index in [2.05, 4.69) is 5.11 Å². The van der Waals surface area contributed by atoms with Crippen molar-refractivity contribution in [2.45, 2.75) is 13.8 Å². The largest absolute Gasteiger partial charge is 0.490 e. The molecule has 0 amide bonds. The van der Waals surface area contributed by atoms with E-state index in [9.17, 15) is 0 Å². The molecule has 2 aromatic rings. The van der Waals surface area contributed by atoms with Crippen molar-refractivity contribution in [2.24, 2.45) is 5.11 Å². The fourth-order valence-corrected chi connectivity index (χ4v) is 1.82. The molecule has 0 heterocycles. The molecule has 4 nitrogen and oxygen atoms in total. The van der Waals surface area contributed by atoms with Crippen LogP contribution in [0.4, 0.5) is 5.69 Å². The van der Waals surface area contributed by atoms with Gasteiger partial charge in [0.25, 0.3) is 0 Å². The number of nitrogens with two attached hydrogens (primary N) is 1. The monoisotopic (exact) mass is 271 g/mol. The molecule has 104 valence electrons. The van der Waals surface area contributed by atoms with Crippen molar-refractivity contribution in [2.75, 3.05) is 13.2 Å². The molecule has 20 heavy (non-hydrogen) atoms. The molecule has 0 aliphatic heterocycles. The maximum atomic E-state index is 5.62. The molecule has 0 unspecified atom stereocenters. The van der Waals surface area contributed by atoms with Gasteiger partial charge in [0, 0.05) is 0 Å². The molecule has 0 aromatic heterocycles. The van der Waals surface area contributed by atoms with Gasteiger partial charge >= 0.3 is 0 Å². The number of hydrogen-bond donors (Lipinski definition) is 1. The van der Waals surface area contributed by atoms with Crippen molar-refractivity contribution < 1.29 is 15.0 Å². The molecule has 0 spiro atoms. The molecular weight excluding hydrogens is 252 g/mol. The molecule has 0 aliphatic rings. The molecule has 2 aromatic carbocycles. The third-order valence-electron chi connectivity index (χ3n) is 2.95. The molecule has 0 aliphatic carbocycles. The summed E-state index contributed by atoms with van der Waals surface area (Å²) in [4.78, 5) is 0. The van der Waals surface area contributed by atoms with Crippen LogP contribution in [0.3, 0.4) is 0 Å². The zero-order valence-corrected chi connectivity index (χ0v) is 11.8. The van der Waals surface area contributed by atoms with E-state index in [1.165, 1.54) is 5.56 Å². The van der Waals surface area contributed by atoms with Gasteiger partial charge in [0.1, 0.15) is 30.4 Å². The first kappa shape index (κ1) is 14.1. The topological polar surface area (TPSA) is 56.4 Å². The van der Waals surface area contributed by atoms with Gasteiger partial charge in [-0.05, 0) is 54.9 Å². The van der Waals surface area contributed by atoms with E-state index in [0.29, 0.717) is 13.2 Å². The minimum atomic E-state index is 0.492. The lowest BCUT2D eigenvalue weighted by Crippen LogP contribution is -2.22. The van der Waals surface area contributed by atoms with Crippen LogP contribution < -0.4 is 15.0 Å². The minimum Gasteiger partial charge on any atom is -0.490 e. The van der Waals surface area contributed by atoms with Crippen LogP contribution in [0, 0.1) is 13.8 Å². The van der Waals surface area contributed by atoms with Crippen molar-refractivity contribution in [1.82, 2.24) is 0 Å². The van der Waals surface area contributed by atoms with Gasteiger partial charge in [-0.3, -0.25) is 0 Å². The highest BCUT2D eigenvalue weighted by Gasteiger charge is 2.01. The third kappa shape index (κ3) is 3.82. The lowest BCUT2D eigenvalue weighted by molar-refractivity contribution is -0.210. The second-order valence-electron chi connectivity index (χ2n) is 4.59. The molecule has 0 bridgehead atoms. The van der Waals surface area contributed by atoms with Crippen LogP contribution in [0.2, 0.25) is 0 Å². The average molecular weight is 271 g/mol. The number of hydrogen-bond acceptors (Lipinski definition) is 3. The normalized spacial score (nSPS) is 10.1. The summed E-state index contributed by atoms with van der Waals surface area (Å²) < 4.78 is 11.2. The summed E-state index contributed by atoms with van der Waals surface area (Å²) in [6.07, 6.45) is 0. The van der Waals surface area contributed by atoms with E-state index in [0.717, 1.165) is 22.7 Å². The fraction of sp³-hybridized carbons (Fsp3) is 0.250. The Morgan fingerprint density at radius 1 is 0.900 bits per heavy atom. The lowest BCUT2D eigenvalue weighted by atomic mass is 10.2. The predicted molar refractivity (Wildman–Crippen MR) is 77.4 cm³/mol. The van der Waals surface area contributed by atoms with Crippen LogP contribution in [0.1, 0.15) is 11.1 Å². The predicted octanol–water partition coefficient (Wildman–Crippen LogP) is 2.60. The molecule has 0 atom stereocenters. The van der Waals surface area contributed by atoms with Gasteiger partial charge in [0.2, 0.25) is 0 Å². The maximum Gasteiger partial charge on any atom is 0.133 e. The quantitative estimate of drug-likeness (QED) is 0.648. The Labute approximate surface area is 118 Å². The smallest absolute Gasteiger partial charge is 0.133 e. The minimum absolute atomic E-state index is 0.492. The summed E-state index contributed by atoms with van der Waals surface area (Å²) >= 11 is 0. The second-order valence-corrected chi connectivity index (χ2v) is 4.59. The molecule has 0 fully saturated rings. The van der Waals surface area contributed by atoms with Gasteiger partial charge in [-0.25, -0.2) is 0 Å².